The maximum absolute atomic E-state index is 14.7. The number of esters is 1. The second-order valence-electron chi connectivity index (χ2n) is 6.87. The van der Waals surface area contributed by atoms with E-state index in [4.69, 9.17) is 27.9 Å². The molecule has 6 heteroatoms. The molecule has 29 heavy (non-hydrogen) atoms. The van der Waals surface area contributed by atoms with Crippen LogP contribution < -0.4 is 0 Å². The van der Waals surface area contributed by atoms with Gasteiger partial charge in [-0.05, 0) is 44.4 Å². The summed E-state index contributed by atoms with van der Waals surface area (Å²) in [5, 5.41) is -0.484. The van der Waals surface area contributed by atoms with Gasteiger partial charge in [0.15, 0.2) is 6.10 Å². The number of thioether (sulfide) groups is 1. The molecule has 0 amide bonds. The van der Waals surface area contributed by atoms with Crippen molar-refractivity contribution in [2.75, 3.05) is 0 Å². The Hall–Kier alpha value is -1.49. The average molecular weight is 455 g/mol. The minimum absolute atomic E-state index is 0.484. The molecule has 0 saturated carbocycles. The monoisotopic (exact) mass is 454 g/mol. The van der Waals surface area contributed by atoms with Gasteiger partial charge in [0.25, 0.3) is 4.59 Å². The summed E-state index contributed by atoms with van der Waals surface area (Å²) < 4.78 is 17.6. The van der Waals surface area contributed by atoms with E-state index in [1.807, 2.05) is 61.5 Å². The predicted octanol–water partition coefficient (Wildman–Crippen LogP) is 7.24. The molecule has 0 unspecified atom stereocenters. The molecular formula is C23H25Cl2FO2S. The Morgan fingerprint density at radius 2 is 1.83 bits per heavy atom. The number of ether oxygens (including phenoxy) is 1. The number of rotatable bonds is 10. The summed E-state index contributed by atoms with van der Waals surface area (Å²) >= 11 is 13.1. The third kappa shape index (κ3) is 7.36. The molecule has 0 radical (unpaired) electrons. The van der Waals surface area contributed by atoms with Crippen LogP contribution in [0.1, 0.15) is 36.8 Å². The molecule has 0 aliphatic heterocycles. The highest BCUT2D eigenvalue weighted by Gasteiger charge is 2.44. The molecule has 0 fully saturated rings. The minimum Gasteiger partial charge on any atom is -0.454 e. The van der Waals surface area contributed by atoms with Crippen LogP contribution in [0.15, 0.2) is 72.1 Å². The number of carbonyl (C=O) groups is 1. The first-order chi connectivity index (χ1) is 13.7. The zero-order chi connectivity index (χ0) is 21.4. The van der Waals surface area contributed by atoms with Crippen LogP contribution in [0.25, 0.3) is 0 Å². The van der Waals surface area contributed by atoms with E-state index >= 15 is 0 Å². The summed E-state index contributed by atoms with van der Waals surface area (Å²) in [6, 6.07) is 17.0. The summed E-state index contributed by atoms with van der Waals surface area (Å²) in [5.74, 6) is -1.14. The van der Waals surface area contributed by atoms with E-state index in [-0.39, 0.29) is 0 Å². The maximum atomic E-state index is 14.7. The van der Waals surface area contributed by atoms with Crippen LogP contribution >= 0.6 is 35.0 Å². The second-order valence-corrected chi connectivity index (χ2v) is 9.47. The van der Waals surface area contributed by atoms with Crippen molar-refractivity contribution in [3.8, 4) is 0 Å². The standard InChI is InChI=1S/C23H25Cl2FO2S/c1-4-5-11-20(29-19-14-12-16(2)13-15-19)21(23(24,25)26)28-22(27)17(3)18-9-7-6-8-10-18/h4,6-10,12-15,17,20-21H,1,5,11H2,2-3H3/t17-,20+,21+/m0/s1. The number of aryl methyl sites for hydroxylation is 1. The Kier molecular flexibility index (Phi) is 9.06. The zero-order valence-electron chi connectivity index (χ0n) is 16.5. The van der Waals surface area contributed by atoms with Gasteiger partial charge in [-0.25, -0.2) is 4.39 Å². The topological polar surface area (TPSA) is 26.3 Å². The van der Waals surface area contributed by atoms with E-state index in [0.29, 0.717) is 12.8 Å². The molecule has 0 aromatic heterocycles. The van der Waals surface area contributed by atoms with Crippen LogP contribution in [0.4, 0.5) is 4.39 Å². The van der Waals surface area contributed by atoms with Crippen molar-refractivity contribution in [3.63, 3.8) is 0 Å². The van der Waals surface area contributed by atoms with Crippen LogP contribution in [0.5, 0.6) is 0 Å². The summed E-state index contributed by atoms with van der Waals surface area (Å²) in [6.07, 6.45) is 1.51. The average Bonchev–Trinajstić information content (AvgIpc) is 2.70. The molecule has 2 aromatic carbocycles. The van der Waals surface area contributed by atoms with Crippen molar-refractivity contribution < 1.29 is 13.9 Å². The van der Waals surface area contributed by atoms with Gasteiger partial charge in [-0.3, -0.25) is 4.79 Å². The van der Waals surface area contributed by atoms with Gasteiger partial charge in [0.2, 0.25) is 0 Å². The van der Waals surface area contributed by atoms with Gasteiger partial charge in [-0.2, -0.15) is 0 Å². The number of hydrogen-bond donors (Lipinski definition) is 0. The van der Waals surface area contributed by atoms with Gasteiger partial charge >= 0.3 is 5.97 Å². The number of hydrogen-bond acceptors (Lipinski definition) is 3. The van der Waals surface area contributed by atoms with E-state index < -0.39 is 27.8 Å². The molecular weight excluding hydrogens is 430 g/mol. The Morgan fingerprint density at radius 3 is 2.38 bits per heavy atom. The minimum atomic E-state index is -2.73. The van der Waals surface area contributed by atoms with E-state index in [1.54, 1.807) is 13.0 Å². The van der Waals surface area contributed by atoms with Crippen LogP contribution in [0.2, 0.25) is 0 Å². The molecule has 2 nitrogen and oxygen atoms in total. The summed E-state index contributed by atoms with van der Waals surface area (Å²) in [4.78, 5) is 13.7. The highest BCUT2D eigenvalue weighted by atomic mass is 35.5. The predicted molar refractivity (Wildman–Crippen MR) is 121 cm³/mol. The van der Waals surface area contributed by atoms with Crippen LogP contribution in [-0.2, 0) is 9.53 Å². The Morgan fingerprint density at radius 1 is 1.21 bits per heavy atom. The molecule has 0 aliphatic rings. The van der Waals surface area contributed by atoms with Crippen molar-refractivity contribution in [2.45, 2.75) is 53.4 Å². The normalized spacial score (nSPS) is 14.7. The fourth-order valence-electron chi connectivity index (χ4n) is 2.80. The lowest BCUT2D eigenvalue weighted by Crippen LogP contribution is -2.41. The molecule has 0 bridgehead atoms. The van der Waals surface area contributed by atoms with Crippen LogP contribution in [0, 0.1) is 6.92 Å². The summed E-state index contributed by atoms with van der Waals surface area (Å²) in [5.41, 5.74) is 1.89. The van der Waals surface area contributed by atoms with Gasteiger partial charge in [0.1, 0.15) is 0 Å². The third-order valence-electron chi connectivity index (χ3n) is 4.52. The third-order valence-corrected chi connectivity index (χ3v) is 6.28. The first-order valence-electron chi connectivity index (χ1n) is 9.38. The van der Waals surface area contributed by atoms with Crippen LogP contribution in [0.3, 0.4) is 0 Å². The van der Waals surface area contributed by atoms with E-state index in [1.165, 1.54) is 11.8 Å². The summed E-state index contributed by atoms with van der Waals surface area (Å²) in [6.45, 7) is 7.43. The smallest absolute Gasteiger partial charge is 0.313 e. The Balaban J connectivity index is 2.24. The largest absolute Gasteiger partial charge is 0.454 e. The van der Waals surface area contributed by atoms with E-state index in [2.05, 4.69) is 6.58 Å². The van der Waals surface area contributed by atoms with Crippen molar-refractivity contribution in [3.05, 3.63) is 78.4 Å². The van der Waals surface area contributed by atoms with Gasteiger partial charge in [0, 0.05) is 4.90 Å². The number of benzene rings is 2. The van der Waals surface area contributed by atoms with Crippen LogP contribution in [-0.4, -0.2) is 21.9 Å². The number of halogens is 3. The lowest BCUT2D eigenvalue weighted by molar-refractivity contribution is -0.153. The molecule has 2 rings (SSSR count). The molecule has 0 spiro atoms. The molecule has 0 N–H and O–H groups in total. The van der Waals surface area contributed by atoms with Gasteiger partial charge in [0.05, 0.1) is 11.2 Å². The summed E-state index contributed by atoms with van der Waals surface area (Å²) in [7, 11) is 0. The Bertz CT molecular complexity index is 791. The first-order valence-corrected chi connectivity index (χ1v) is 11.0. The highest BCUT2D eigenvalue weighted by Crippen LogP contribution is 2.40. The SMILES string of the molecule is C=CCC[C@@H](Sc1ccc(C)cc1)[C@@H](OC(=O)[C@@H](C)c1ccccc1)C(F)(Cl)Cl. The maximum Gasteiger partial charge on any atom is 0.313 e. The van der Waals surface area contributed by atoms with E-state index in [9.17, 15) is 9.18 Å². The van der Waals surface area contributed by atoms with E-state index in [0.717, 1.165) is 16.0 Å². The second kappa shape index (κ2) is 11.1. The molecule has 0 saturated heterocycles. The molecule has 2 aromatic rings. The zero-order valence-corrected chi connectivity index (χ0v) is 18.8. The molecule has 156 valence electrons. The lowest BCUT2D eigenvalue weighted by Gasteiger charge is -2.31. The molecule has 0 aliphatic carbocycles. The van der Waals surface area contributed by atoms with Gasteiger partial charge in [-0.15, -0.1) is 18.3 Å². The van der Waals surface area contributed by atoms with Crippen molar-refractivity contribution in [2.24, 2.45) is 0 Å². The quantitative estimate of drug-likeness (QED) is 0.164. The lowest BCUT2D eigenvalue weighted by atomic mass is 10.0. The fraction of sp³-hybridized carbons (Fsp3) is 0.348. The fourth-order valence-corrected chi connectivity index (χ4v) is 4.61. The first kappa shape index (κ1) is 23.8. The van der Waals surface area contributed by atoms with Gasteiger partial charge < -0.3 is 4.74 Å². The number of alkyl halides is 3. The van der Waals surface area contributed by atoms with Crippen molar-refractivity contribution in [1.29, 1.82) is 0 Å². The molecule has 3 atom stereocenters. The Labute approximate surface area is 186 Å². The van der Waals surface area contributed by atoms with Crippen molar-refractivity contribution >= 4 is 40.9 Å². The molecule has 0 heterocycles. The number of carbonyl (C=O) groups excluding carboxylic acids is 1. The van der Waals surface area contributed by atoms with Crippen molar-refractivity contribution in [1.82, 2.24) is 0 Å². The van der Waals surface area contributed by atoms with Gasteiger partial charge in [-0.1, -0.05) is 77.3 Å². The highest BCUT2D eigenvalue weighted by molar-refractivity contribution is 8.00. The number of allylic oxidation sites excluding steroid dienone is 1.